The molecule has 2 aromatic rings. The highest BCUT2D eigenvalue weighted by atomic mass is 32.2. The van der Waals surface area contributed by atoms with Gasteiger partial charge in [-0.25, -0.2) is 4.79 Å². The Balaban J connectivity index is 1.47. The third-order valence-electron chi connectivity index (χ3n) is 5.79. The normalized spacial score (nSPS) is 17.8. The Morgan fingerprint density at radius 2 is 1.68 bits per heavy atom. The quantitative estimate of drug-likeness (QED) is 0.767. The molecule has 4 rings (SSSR count). The number of thioether (sulfide) groups is 1. The van der Waals surface area contributed by atoms with Crippen molar-refractivity contribution in [2.24, 2.45) is 5.92 Å². The number of benzene rings is 2. The number of alkyl carbamates (subject to hydrolysis) is 1. The molecular formula is C22H23NO4S. The molecule has 1 atom stereocenters. The van der Waals surface area contributed by atoms with Crippen molar-refractivity contribution in [3.63, 3.8) is 0 Å². The predicted molar refractivity (Wildman–Crippen MR) is 110 cm³/mol. The molecule has 146 valence electrons. The summed E-state index contributed by atoms with van der Waals surface area (Å²) in [5.74, 6) is 0.927. The summed E-state index contributed by atoms with van der Waals surface area (Å²) in [6, 6.07) is 16.3. The van der Waals surface area contributed by atoms with Gasteiger partial charge in [-0.3, -0.25) is 4.79 Å². The smallest absolute Gasteiger partial charge is 0.407 e. The number of fused-ring (bicyclic) bond motifs is 3. The molecule has 0 saturated carbocycles. The van der Waals surface area contributed by atoms with E-state index in [2.05, 4.69) is 29.6 Å². The van der Waals surface area contributed by atoms with Crippen molar-refractivity contribution in [2.75, 3.05) is 18.1 Å². The average molecular weight is 397 g/mol. The second-order valence-corrected chi connectivity index (χ2v) is 8.75. The fourth-order valence-corrected chi connectivity index (χ4v) is 5.28. The minimum absolute atomic E-state index is 0.0110. The molecule has 1 aliphatic carbocycles. The number of carbonyl (C=O) groups excluding carboxylic acids is 1. The Morgan fingerprint density at radius 1 is 1.11 bits per heavy atom. The van der Waals surface area contributed by atoms with Crippen molar-refractivity contribution >= 4 is 23.8 Å². The Hall–Kier alpha value is -2.47. The molecule has 0 aromatic heterocycles. The van der Waals surface area contributed by atoms with Crippen LogP contribution in [0.15, 0.2) is 48.5 Å². The van der Waals surface area contributed by atoms with Gasteiger partial charge in [-0.15, -0.1) is 0 Å². The first kappa shape index (κ1) is 18.9. The van der Waals surface area contributed by atoms with Gasteiger partial charge in [0.1, 0.15) is 6.61 Å². The number of ether oxygens (including phenoxy) is 1. The van der Waals surface area contributed by atoms with Crippen molar-refractivity contribution in [1.29, 1.82) is 0 Å². The molecule has 2 aliphatic rings. The van der Waals surface area contributed by atoms with Crippen LogP contribution in [0.5, 0.6) is 0 Å². The minimum atomic E-state index is -0.918. The summed E-state index contributed by atoms with van der Waals surface area (Å²) in [5, 5.41) is 12.1. The first-order chi connectivity index (χ1) is 13.5. The lowest BCUT2D eigenvalue weighted by molar-refractivity contribution is -0.139. The number of rotatable bonds is 6. The summed E-state index contributed by atoms with van der Waals surface area (Å²) in [6.07, 6.45) is -0.662. The van der Waals surface area contributed by atoms with E-state index in [4.69, 9.17) is 4.74 Å². The van der Waals surface area contributed by atoms with E-state index >= 15 is 0 Å². The molecule has 5 nitrogen and oxygen atoms in total. The summed E-state index contributed by atoms with van der Waals surface area (Å²) in [4.78, 5) is 23.8. The molecule has 0 radical (unpaired) electrons. The highest BCUT2D eigenvalue weighted by molar-refractivity contribution is 8.00. The molecule has 1 aliphatic heterocycles. The van der Waals surface area contributed by atoms with E-state index in [0.717, 1.165) is 22.6 Å². The van der Waals surface area contributed by atoms with Gasteiger partial charge in [-0.05, 0) is 40.7 Å². The van der Waals surface area contributed by atoms with Gasteiger partial charge in [0, 0.05) is 11.8 Å². The van der Waals surface area contributed by atoms with Crippen molar-refractivity contribution < 1.29 is 19.4 Å². The number of hydrogen-bond acceptors (Lipinski definition) is 4. The number of amides is 1. The van der Waals surface area contributed by atoms with Gasteiger partial charge < -0.3 is 15.2 Å². The molecule has 28 heavy (non-hydrogen) atoms. The summed E-state index contributed by atoms with van der Waals surface area (Å²) >= 11 is 1.76. The number of carboxylic acid groups (broad SMARTS) is 1. The molecule has 1 amide bonds. The third-order valence-corrected chi connectivity index (χ3v) is 7.07. The number of nitrogens with one attached hydrogen (secondary N) is 1. The van der Waals surface area contributed by atoms with Gasteiger partial charge in [0.05, 0.1) is 12.0 Å². The van der Waals surface area contributed by atoms with E-state index in [1.54, 1.807) is 18.7 Å². The Morgan fingerprint density at radius 3 is 2.18 bits per heavy atom. The maximum atomic E-state index is 12.5. The van der Waals surface area contributed by atoms with E-state index in [-0.39, 0.29) is 24.9 Å². The predicted octanol–water partition coefficient (Wildman–Crippen LogP) is 4.12. The molecule has 2 N–H and O–H groups in total. The van der Waals surface area contributed by atoms with Crippen LogP contribution in [0.1, 0.15) is 30.4 Å². The number of carboxylic acids is 1. The van der Waals surface area contributed by atoms with Gasteiger partial charge in [-0.1, -0.05) is 48.5 Å². The molecule has 2 aromatic carbocycles. The fourth-order valence-electron chi connectivity index (χ4n) is 4.08. The lowest BCUT2D eigenvalue weighted by Gasteiger charge is -2.41. The zero-order valence-corrected chi connectivity index (χ0v) is 16.5. The van der Waals surface area contributed by atoms with Gasteiger partial charge >= 0.3 is 12.1 Å². The van der Waals surface area contributed by atoms with Crippen LogP contribution in [0.25, 0.3) is 11.1 Å². The van der Waals surface area contributed by atoms with E-state index < -0.39 is 17.6 Å². The second-order valence-electron chi connectivity index (χ2n) is 7.67. The summed E-state index contributed by atoms with van der Waals surface area (Å²) in [7, 11) is 0. The van der Waals surface area contributed by atoms with Crippen LogP contribution < -0.4 is 5.32 Å². The van der Waals surface area contributed by atoms with Crippen LogP contribution in [0.4, 0.5) is 4.79 Å². The van der Waals surface area contributed by atoms with Gasteiger partial charge in [0.2, 0.25) is 0 Å². The Kier molecular flexibility index (Phi) is 5.06. The lowest BCUT2D eigenvalue weighted by atomic mass is 9.84. The van der Waals surface area contributed by atoms with Crippen molar-refractivity contribution in [1.82, 2.24) is 5.32 Å². The highest BCUT2D eigenvalue weighted by Crippen LogP contribution is 2.44. The van der Waals surface area contributed by atoms with Crippen molar-refractivity contribution in [2.45, 2.75) is 24.8 Å². The second kappa shape index (κ2) is 7.51. The molecule has 1 saturated heterocycles. The molecule has 1 unspecified atom stereocenters. The van der Waals surface area contributed by atoms with Crippen LogP contribution in [-0.2, 0) is 9.53 Å². The van der Waals surface area contributed by atoms with E-state index in [1.807, 2.05) is 24.3 Å². The van der Waals surface area contributed by atoms with E-state index in [0.29, 0.717) is 0 Å². The third kappa shape index (κ3) is 3.49. The van der Waals surface area contributed by atoms with Crippen LogP contribution in [0, 0.1) is 5.92 Å². The van der Waals surface area contributed by atoms with E-state index in [9.17, 15) is 14.7 Å². The first-order valence-electron chi connectivity index (χ1n) is 9.40. The Bertz CT molecular complexity index is 865. The van der Waals surface area contributed by atoms with Crippen LogP contribution in [0.3, 0.4) is 0 Å². The zero-order valence-electron chi connectivity index (χ0n) is 15.7. The summed E-state index contributed by atoms with van der Waals surface area (Å²) in [6.45, 7) is 2.02. The standard InChI is InChI=1S/C22H23NO4S/c1-22(10-20(24)25,14-12-28-13-14)23-21(26)27-11-19-17-8-4-2-6-15(17)16-7-3-5-9-18(16)19/h2-9,14,19H,10-13H2,1H3,(H,23,26)(H,24,25). The lowest BCUT2D eigenvalue weighted by Crippen LogP contribution is -2.56. The maximum absolute atomic E-state index is 12.5. The van der Waals surface area contributed by atoms with Crippen LogP contribution in [0.2, 0.25) is 0 Å². The van der Waals surface area contributed by atoms with Crippen LogP contribution >= 0.6 is 11.8 Å². The first-order valence-corrected chi connectivity index (χ1v) is 10.6. The molecule has 0 bridgehead atoms. The number of hydrogen-bond donors (Lipinski definition) is 2. The molecule has 0 spiro atoms. The molecule has 1 fully saturated rings. The highest BCUT2D eigenvalue weighted by Gasteiger charge is 2.42. The molecular weight excluding hydrogens is 374 g/mol. The largest absolute Gasteiger partial charge is 0.481 e. The molecule has 1 heterocycles. The van der Waals surface area contributed by atoms with Crippen LogP contribution in [-0.4, -0.2) is 40.8 Å². The molecule has 6 heteroatoms. The van der Waals surface area contributed by atoms with Crippen molar-refractivity contribution in [3.05, 3.63) is 59.7 Å². The van der Waals surface area contributed by atoms with E-state index in [1.165, 1.54) is 11.1 Å². The maximum Gasteiger partial charge on any atom is 0.407 e. The van der Waals surface area contributed by atoms with Gasteiger partial charge in [-0.2, -0.15) is 11.8 Å². The van der Waals surface area contributed by atoms with Gasteiger partial charge in [0.25, 0.3) is 0 Å². The summed E-state index contributed by atoms with van der Waals surface area (Å²) in [5.41, 5.74) is 3.86. The number of aliphatic carboxylic acids is 1. The van der Waals surface area contributed by atoms with Crippen molar-refractivity contribution in [3.8, 4) is 11.1 Å². The Labute approximate surface area is 168 Å². The minimum Gasteiger partial charge on any atom is -0.481 e. The zero-order chi connectivity index (χ0) is 19.7. The number of carbonyl (C=O) groups is 2. The monoisotopic (exact) mass is 397 g/mol. The van der Waals surface area contributed by atoms with Gasteiger partial charge in [0.15, 0.2) is 0 Å². The average Bonchev–Trinajstić information content (AvgIpc) is 2.91. The topological polar surface area (TPSA) is 75.6 Å². The fraction of sp³-hybridized carbons (Fsp3) is 0.364. The SMILES string of the molecule is CC(CC(=O)O)(NC(=O)OCC1c2ccccc2-c2ccccc21)C1CSC1. The summed E-state index contributed by atoms with van der Waals surface area (Å²) < 4.78 is 5.59.